The molecule has 0 spiro atoms. The summed E-state index contributed by atoms with van der Waals surface area (Å²) in [5.74, 6) is 0.402. The molecule has 2 aromatic rings. The van der Waals surface area contributed by atoms with Crippen LogP contribution in [-0.2, 0) is 5.41 Å². The van der Waals surface area contributed by atoms with Gasteiger partial charge in [0, 0.05) is 11.0 Å². The molecule has 1 aliphatic carbocycles. The zero-order chi connectivity index (χ0) is 11.3. The number of benzene rings is 2. The molecule has 1 nitrogen and oxygen atoms in total. The van der Waals surface area contributed by atoms with Gasteiger partial charge in [0.05, 0.1) is 0 Å². The fourth-order valence-electron chi connectivity index (χ4n) is 2.82. The first-order chi connectivity index (χ1) is 7.62. The van der Waals surface area contributed by atoms with Gasteiger partial charge < -0.3 is 5.11 Å². The molecule has 2 aromatic carbocycles. The van der Waals surface area contributed by atoms with Crippen molar-refractivity contribution in [2.75, 3.05) is 0 Å². The van der Waals surface area contributed by atoms with Crippen LogP contribution in [0.3, 0.4) is 0 Å². The molecule has 0 heterocycles. The molecule has 0 fully saturated rings. The smallest absolute Gasteiger partial charge is 0.120 e. The van der Waals surface area contributed by atoms with Crippen LogP contribution in [0.5, 0.6) is 5.75 Å². The van der Waals surface area contributed by atoms with Gasteiger partial charge in [-0.1, -0.05) is 50.2 Å². The molecule has 0 saturated carbocycles. The van der Waals surface area contributed by atoms with Crippen LogP contribution < -0.4 is 0 Å². The second-order valence-corrected chi connectivity index (χ2v) is 4.87. The van der Waals surface area contributed by atoms with Crippen LogP contribution in [0.15, 0.2) is 42.5 Å². The van der Waals surface area contributed by atoms with E-state index >= 15 is 0 Å². The largest absolute Gasteiger partial charge is 0.508 e. The number of phenols is 1. The minimum Gasteiger partial charge on any atom is -0.508 e. The van der Waals surface area contributed by atoms with Crippen LogP contribution in [0.25, 0.3) is 11.1 Å². The highest BCUT2D eigenvalue weighted by Crippen LogP contribution is 2.51. The average molecular weight is 210 g/mol. The van der Waals surface area contributed by atoms with Gasteiger partial charge in [-0.3, -0.25) is 0 Å². The van der Waals surface area contributed by atoms with E-state index < -0.39 is 0 Å². The third kappa shape index (κ3) is 1.00. The van der Waals surface area contributed by atoms with Crippen molar-refractivity contribution in [3.63, 3.8) is 0 Å². The van der Waals surface area contributed by atoms with Crippen LogP contribution in [0.4, 0.5) is 0 Å². The van der Waals surface area contributed by atoms with Crippen molar-refractivity contribution in [1.29, 1.82) is 0 Å². The molecule has 1 heteroatoms. The molecule has 3 rings (SSSR count). The van der Waals surface area contributed by atoms with E-state index in [4.69, 9.17) is 0 Å². The first kappa shape index (κ1) is 9.46. The van der Waals surface area contributed by atoms with Gasteiger partial charge in [0.2, 0.25) is 0 Å². The predicted octanol–water partition coefficient (Wildman–Crippen LogP) is 3.70. The summed E-state index contributed by atoms with van der Waals surface area (Å²) in [5, 5.41) is 10.0. The monoisotopic (exact) mass is 210 g/mol. The van der Waals surface area contributed by atoms with Crippen LogP contribution in [0.2, 0.25) is 0 Å². The van der Waals surface area contributed by atoms with E-state index in [1.165, 1.54) is 16.7 Å². The average Bonchev–Trinajstić information content (AvgIpc) is 2.50. The van der Waals surface area contributed by atoms with E-state index in [2.05, 4.69) is 38.1 Å². The van der Waals surface area contributed by atoms with E-state index in [1.807, 2.05) is 12.1 Å². The SMILES string of the molecule is CC1(C)c2ccccc2-c2cccc(O)c21. The number of aromatic hydroxyl groups is 1. The number of hydrogen-bond donors (Lipinski definition) is 1. The Kier molecular flexibility index (Phi) is 1.70. The molecule has 16 heavy (non-hydrogen) atoms. The van der Waals surface area contributed by atoms with Gasteiger partial charge in [0.1, 0.15) is 5.75 Å². The van der Waals surface area contributed by atoms with E-state index in [-0.39, 0.29) is 5.41 Å². The maximum absolute atomic E-state index is 10.0. The minimum atomic E-state index is -0.0999. The summed E-state index contributed by atoms with van der Waals surface area (Å²) in [6.45, 7) is 4.33. The fraction of sp³-hybridized carbons (Fsp3) is 0.200. The molecule has 0 radical (unpaired) electrons. The Balaban J connectivity index is 2.44. The number of hydrogen-bond acceptors (Lipinski definition) is 1. The molecule has 0 saturated heterocycles. The lowest BCUT2D eigenvalue weighted by molar-refractivity contribution is 0.456. The first-order valence-corrected chi connectivity index (χ1v) is 5.54. The predicted molar refractivity (Wildman–Crippen MR) is 65.7 cm³/mol. The van der Waals surface area contributed by atoms with Crippen molar-refractivity contribution in [2.24, 2.45) is 0 Å². The molecule has 80 valence electrons. The Labute approximate surface area is 95.4 Å². The molecule has 0 amide bonds. The number of rotatable bonds is 0. The van der Waals surface area contributed by atoms with E-state index in [0.717, 1.165) is 5.56 Å². The Hall–Kier alpha value is -1.76. The molecule has 0 aliphatic heterocycles. The summed E-state index contributed by atoms with van der Waals surface area (Å²) in [6, 6.07) is 14.1. The van der Waals surface area contributed by atoms with Gasteiger partial charge in [-0.05, 0) is 22.8 Å². The van der Waals surface area contributed by atoms with Gasteiger partial charge in [-0.2, -0.15) is 0 Å². The normalized spacial score (nSPS) is 15.6. The second-order valence-electron chi connectivity index (χ2n) is 4.87. The zero-order valence-electron chi connectivity index (χ0n) is 9.49. The van der Waals surface area contributed by atoms with Crippen molar-refractivity contribution in [1.82, 2.24) is 0 Å². The van der Waals surface area contributed by atoms with E-state index in [1.54, 1.807) is 6.07 Å². The summed E-state index contributed by atoms with van der Waals surface area (Å²) in [7, 11) is 0. The Morgan fingerprint density at radius 3 is 2.38 bits per heavy atom. The Morgan fingerprint density at radius 2 is 1.56 bits per heavy atom. The standard InChI is InChI=1S/C15H14O/c1-15(2)12-8-4-3-6-10(12)11-7-5-9-13(16)14(11)15/h3-9,16H,1-2H3. The second kappa shape index (κ2) is 2.88. The highest BCUT2D eigenvalue weighted by atomic mass is 16.3. The fourth-order valence-corrected chi connectivity index (χ4v) is 2.82. The van der Waals surface area contributed by atoms with Gasteiger partial charge in [-0.15, -0.1) is 0 Å². The quantitative estimate of drug-likeness (QED) is 0.703. The maximum atomic E-state index is 10.0. The highest BCUT2D eigenvalue weighted by molar-refractivity contribution is 5.82. The summed E-state index contributed by atoms with van der Waals surface area (Å²) >= 11 is 0. The maximum Gasteiger partial charge on any atom is 0.120 e. The third-order valence-electron chi connectivity index (χ3n) is 3.56. The first-order valence-electron chi connectivity index (χ1n) is 5.54. The lowest BCUT2D eigenvalue weighted by Crippen LogP contribution is -2.14. The number of fused-ring (bicyclic) bond motifs is 3. The minimum absolute atomic E-state index is 0.0999. The van der Waals surface area contributed by atoms with Crippen molar-refractivity contribution in [3.05, 3.63) is 53.6 Å². The van der Waals surface area contributed by atoms with Crippen molar-refractivity contribution < 1.29 is 5.11 Å². The molecule has 0 aromatic heterocycles. The van der Waals surface area contributed by atoms with Crippen LogP contribution in [0, 0.1) is 0 Å². The summed E-state index contributed by atoms with van der Waals surface area (Å²) < 4.78 is 0. The van der Waals surface area contributed by atoms with Crippen LogP contribution in [0.1, 0.15) is 25.0 Å². The summed E-state index contributed by atoms with van der Waals surface area (Å²) in [6.07, 6.45) is 0. The van der Waals surface area contributed by atoms with Crippen molar-refractivity contribution in [2.45, 2.75) is 19.3 Å². The van der Waals surface area contributed by atoms with Crippen LogP contribution >= 0.6 is 0 Å². The van der Waals surface area contributed by atoms with Gasteiger partial charge in [0.15, 0.2) is 0 Å². The number of phenolic OH excluding ortho intramolecular Hbond substituents is 1. The molecule has 1 N–H and O–H groups in total. The molecule has 1 aliphatic rings. The van der Waals surface area contributed by atoms with Gasteiger partial charge >= 0.3 is 0 Å². The lowest BCUT2D eigenvalue weighted by atomic mass is 9.82. The molecular formula is C15H14O. The van der Waals surface area contributed by atoms with Crippen molar-refractivity contribution >= 4 is 0 Å². The summed E-state index contributed by atoms with van der Waals surface area (Å²) in [5.41, 5.74) is 4.67. The lowest BCUT2D eigenvalue weighted by Gasteiger charge is -2.21. The molecule has 0 bridgehead atoms. The van der Waals surface area contributed by atoms with Gasteiger partial charge in [0.25, 0.3) is 0 Å². The zero-order valence-corrected chi connectivity index (χ0v) is 9.49. The highest BCUT2D eigenvalue weighted by Gasteiger charge is 2.37. The van der Waals surface area contributed by atoms with Crippen LogP contribution in [-0.4, -0.2) is 5.11 Å². The third-order valence-corrected chi connectivity index (χ3v) is 3.56. The Morgan fingerprint density at radius 1 is 0.875 bits per heavy atom. The van der Waals surface area contributed by atoms with E-state index in [0.29, 0.717) is 5.75 Å². The van der Waals surface area contributed by atoms with E-state index in [9.17, 15) is 5.11 Å². The van der Waals surface area contributed by atoms with Crippen molar-refractivity contribution in [3.8, 4) is 16.9 Å². The van der Waals surface area contributed by atoms with Gasteiger partial charge in [-0.25, -0.2) is 0 Å². The Bertz CT molecular complexity index is 567. The molecule has 0 atom stereocenters. The topological polar surface area (TPSA) is 20.2 Å². The molecular weight excluding hydrogens is 196 g/mol. The molecule has 0 unspecified atom stereocenters. The summed E-state index contributed by atoms with van der Waals surface area (Å²) in [4.78, 5) is 0.